The number of benzene rings is 1. The van der Waals surface area contributed by atoms with Crippen molar-refractivity contribution in [2.45, 2.75) is 44.7 Å². The van der Waals surface area contributed by atoms with Gasteiger partial charge in [0.2, 0.25) is 5.91 Å². The molecular weight excluding hydrogens is 350 g/mol. The Morgan fingerprint density at radius 1 is 1.27 bits per heavy atom. The van der Waals surface area contributed by atoms with Crippen LogP contribution < -0.4 is 10.1 Å². The maximum atomic E-state index is 13.0. The van der Waals surface area contributed by atoms with E-state index in [1.54, 1.807) is 7.11 Å². The summed E-state index contributed by atoms with van der Waals surface area (Å²) in [6.45, 7) is 6.28. The molecule has 0 saturated carbocycles. The van der Waals surface area contributed by atoms with E-state index in [9.17, 15) is 4.79 Å². The van der Waals surface area contributed by atoms with E-state index in [1.807, 2.05) is 18.2 Å². The van der Waals surface area contributed by atoms with Crippen LogP contribution in [0, 0.1) is 0 Å². The minimum absolute atomic E-state index is 0. The Bertz CT molecular complexity index is 584. The van der Waals surface area contributed by atoms with Crippen molar-refractivity contribution < 1.29 is 9.53 Å². The van der Waals surface area contributed by atoms with Gasteiger partial charge >= 0.3 is 0 Å². The van der Waals surface area contributed by atoms with Crippen molar-refractivity contribution in [1.29, 1.82) is 0 Å². The van der Waals surface area contributed by atoms with Gasteiger partial charge in [-0.25, -0.2) is 0 Å². The van der Waals surface area contributed by atoms with E-state index in [4.69, 9.17) is 4.74 Å². The number of likely N-dealkylation sites (tertiary alicyclic amines) is 1. The second-order valence-electron chi connectivity index (χ2n) is 7.08. The highest BCUT2D eigenvalue weighted by Crippen LogP contribution is 2.30. The molecule has 26 heavy (non-hydrogen) atoms. The first-order chi connectivity index (χ1) is 12.2. The summed E-state index contributed by atoms with van der Waals surface area (Å²) in [5.41, 5.74) is 1.16. The molecule has 2 fully saturated rings. The van der Waals surface area contributed by atoms with Crippen LogP contribution in [-0.2, 0) is 4.79 Å². The number of nitrogens with zero attached hydrogens (tertiary/aromatic N) is 2. The van der Waals surface area contributed by atoms with Gasteiger partial charge in [-0.2, -0.15) is 0 Å². The fourth-order valence-corrected chi connectivity index (χ4v) is 4.20. The van der Waals surface area contributed by atoms with Gasteiger partial charge in [0, 0.05) is 37.8 Å². The Labute approximate surface area is 163 Å². The van der Waals surface area contributed by atoms with Crippen molar-refractivity contribution in [3.8, 4) is 5.75 Å². The molecule has 2 aliphatic heterocycles. The average molecular weight is 382 g/mol. The zero-order valence-corrected chi connectivity index (χ0v) is 16.8. The number of carbonyl (C=O) groups excluding carboxylic acids is 1. The topological polar surface area (TPSA) is 44.8 Å². The first-order valence-corrected chi connectivity index (χ1v) is 9.61. The Kier molecular flexibility index (Phi) is 8.19. The number of hydrogen-bond acceptors (Lipinski definition) is 4. The number of para-hydroxylation sites is 1. The molecule has 0 radical (unpaired) electrons. The van der Waals surface area contributed by atoms with Crippen LogP contribution in [0.2, 0.25) is 0 Å². The summed E-state index contributed by atoms with van der Waals surface area (Å²) in [6.07, 6.45) is 4.60. The monoisotopic (exact) mass is 381 g/mol. The first-order valence-electron chi connectivity index (χ1n) is 9.61. The lowest BCUT2D eigenvalue weighted by molar-refractivity contribution is -0.137. The molecule has 146 valence electrons. The second-order valence-corrected chi connectivity index (χ2v) is 7.08. The second kappa shape index (κ2) is 10.1. The summed E-state index contributed by atoms with van der Waals surface area (Å²) < 4.78 is 5.55. The molecule has 2 atom stereocenters. The number of hydrogen-bond donors (Lipinski definition) is 1. The van der Waals surface area contributed by atoms with E-state index in [0.717, 1.165) is 56.8 Å². The summed E-state index contributed by atoms with van der Waals surface area (Å²) in [5.74, 6) is 1.19. The number of ether oxygens (including phenoxy) is 1. The van der Waals surface area contributed by atoms with Gasteiger partial charge in [0.15, 0.2) is 0 Å². The van der Waals surface area contributed by atoms with E-state index >= 15 is 0 Å². The molecule has 1 N–H and O–H groups in total. The fraction of sp³-hybridized carbons (Fsp3) is 0.650. The number of carbonyl (C=O) groups is 1. The number of piperidine rings is 1. The van der Waals surface area contributed by atoms with Crippen LogP contribution in [-0.4, -0.2) is 61.6 Å². The molecular formula is C20H32ClN3O2. The molecule has 2 unspecified atom stereocenters. The van der Waals surface area contributed by atoms with E-state index in [2.05, 4.69) is 28.1 Å². The smallest absolute Gasteiger partial charge is 0.237 e. The number of amides is 1. The zero-order chi connectivity index (χ0) is 17.6. The minimum Gasteiger partial charge on any atom is -0.496 e. The maximum Gasteiger partial charge on any atom is 0.237 e. The highest BCUT2D eigenvalue weighted by atomic mass is 35.5. The van der Waals surface area contributed by atoms with Gasteiger partial charge in [0.25, 0.3) is 0 Å². The molecule has 1 amide bonds. The third-order valence-electron chi connectivity index (χ3n) is 5.61. The number of halogens is 1. The molecule has 1 aromatic rings. The van der Waals surface area contributed by atoms with Gasteiger partial charge in [0.1, 0.15) is 5.75 Å². The highest BCUT2D eigenvalue weighted by Gasteiger charge is 2.31. The van der Waals surface area contributed by atoms with Crippen LogP contribution in [0.15, 0.2) is 24.3 Å². The number of piperazine rings is 1. The van der Waals surface area contributed by atoms with Gasteiger partial charge in [-0.15, -0.1) is 12.4 Å². The van der Waals surface area contributed by atoms with Crippen molar-refractivity contribution >= 4 is 18.3 Å². The molecule has 0 spiro atoms. The quantitative estimate of drug-likeness (QED) is 0.851. The van der Waals surface area contributed by atoms with E-state index < -0.39 is 0 Å². The minimum atomic E-state index is 0. The highest BCUT2D eigenvalue weighted by molar-refractivity contribution is 5.85. The third kappa shape index (κ3) is 4.70. The van der Waals surface area contributed by atoms with Crippen LogP contribution in [0.3, 0.4) is 0 Å². The van der Waals surface area contributed by atoms with Crippen LogP contribution >= 0.6 is 12.4 Å². The van der Waals surface area contributed by atoms with Gasteiger partial charge in [0.05, 0.1) is 19.7 Å². The zero-order valence-electron chi connectivity index (χ0n) is 15.9. The molecule has 5 nitrogen and oxygen atoms in total. The summed E-state index contributed by atoms with van der Waals surface area (Å²) in [7, 11) is 1.71. The maximum absolute atomic E-state index is 13.0. The normalized spacial score (nSPS) is 24.0. The fourth-order valence-electron chi connectivity index (χ4n) is 4.20. The van der Waals surface area contributed by atoms with E-state index in [0.29, 0.717) is 12.6 Å². The largest absolute Gasteiger partial charge is 0.496 e. The lowest BCUT2D eigenvalue weighted by Crippen LogP contribution is -2.52. The number of rotatable bonds is 5. The standard InChI is InChI=1S/C20H31N3O2.ClH/c1-3-16-8-6-7-12-23(16)20(24)15-22-13-11-21-14-18(22)17-9-4-5-10-19(17)25-2;/h4-5,9-10,16,18,21H,3,6-8,11-15H2,1-2H3;1H. The summed E-state index contributed by atoms with van der Waals surface area (Å²) in [4.78, 5) is 17.4. The molecule has 0 aliphatic carbocycles. The Hall–Kier alpha value is -1.30. The van der Waals surface area contributed by atoms with Crippen LogP contribution in [0.5, 0.6) is 5.75 Å². The summed E-state index contributed by atoms with van der Waals surface area (Å²) >= 11 is 0. The predicted molar refractivity (Wildman–Crippen MR) is 107 cm³/mol. The van der Waals surface area contributed by atoms with Gasteiger partial charge in [-0.05, 0) is 31.7 Å². The molecule has 1 aromatic carbocycles. The van der Waals surface area contributed by atoms with Crippen molar-refractivity contribution in [2.75, 3.05) is 39.8 Å². The molecule has 0 aromatic heterocycles. The van der Waals surface area contributed by atoms with Crippen molar-refractivity contribution in [1.82, 2.24) is 15.1 Å². The average Bonchev–Trinajstić information content (AvgIpc) is 2.68. The third-order valence-corrected chi connectivity index (χ3v) is 5.61. The van der Waals surface area contributed by atoms with Gasteiger partial charge < -0.3 is 15.0 Å². The first kappa shape index (κ1) is 21.0. The Morgan fingerprint density at radius 3 is 2.85 bits per heavy atom. The van der Waals surface area contributed by atoms with Crippen molar-refractivity contribution in [2.24, 2.45) is 0 Å². The summed E-state index contributed by atoms with van der Waals surface area (Å²) in [5, 5.41) is 3.47. The van der Waals surface area contributed by atoms with Crippen LogP contribution in [0.25, 0.3) is 0 Å². The van der Waals surface area contributed by atoms with Gasteiger partial charge in [-0.3, -0.25) is 9.69 Å². The van der Waals surface area contributed by atoms with E-state index in [1.165, 1.54) is 6.42 Å². The number of methoxy groups -OCH3 is 1. The summed E-state index contributed by atoms with van der Waals surface area (Å²) in [6, 6.07) is 8.76. The molecule has 6 heteroatoms. The lowest BCUT2D eigenvalue weighted by atomic mass is 9.99. The SMILES string of the molecule is CCC1CCCCN1C(=O)CN1CCNCC1c1ccccc1OC.Cl. The molecule has 3 rings (SSSR count). The van der Waals surface area contributed by atoms with Crippen molar-refractivity contribution in [3.05, 3.63) is 29.8 Å². The molecule has 0 bridgehead atoms. The lowest BCUT2D eigenvalue weighted by Gasteiger charge is -2.40. The van der Waals surface area contributed by atoms with Crippen LogP contribution in [0.4, 0.5) is 0 Å². The molecule has 2 aliphatic rings. The molecule has 2 heterocycles. The predicted octanol–water partition coefficient (Wildman–Crippen LogP) is 2.85. The van der Waals surface area contributed by atoms with Crippen molar-refractivity contribution in [3.63, 3.8) is 0 Å². The van der Waals surface area contributed by atoms with Gasteiger partial charge in [-0.1, -0.05) is 25.1 Å². The Morgan fingerprint density at radius 2 is 2.08 bits per heavy atom. The Balaban J connectivity index is 0.00000243. The van der Waals surface area contributed by atoms with Crippen LogP contribution in [0.1, 0.15) is 44.2 Å². The number of nitrogens with one attached hydrogen (secondary N) is 1. The molecule has 2 saturated heterocycles. The van der Waals surface area contributed by atoms with E-state index in [-0.39, 0.29) is 24.4 Å².